The van der Waals surface area contributed by atoms with Gasteiger partial charge in [-0.15, -0.1) is 10.2 Å². The summed E-state index contributed by atoms with van der Waals surface area (Å²) in [6, 6.07) is 7.83. The first-order valence-electron chi connectivity index (χ1n) is 5.59. The average Bonchev–Trinajstić information content (AvgIpc) is 2.75. The van der Waals surface area contributed by atoms with E-state index in [9.17, 15) is 0 Å². The van der Waals surface area contributed by atoms with E-state index in [2.05, 4.69) is 35.1 Å². The zero-order chi connectivity index (χ0) is 12.7. The Balaban J connectivity index is 2.29. The Morgan fingerprint density at radius 3 is 2.83 bits per heavy atom. The van der Waals surface area contributed by atoms with E-state index in [1.807, 2.05) is 16.5 Å². The fourth-order valence-electron chi connectivity index (χ4n) is 1.95. The van der Waals surface area contributed by atoms with E-state index in [0.717, 1.165) is 11.4 Å². The van der Waals surface area contributed by atoms with Crippen LogP contribution in [0.15, 0.2) is 30.6 Å². The molecule has 0 fully saturated rings. The standard InChI is InChI=1S/C13H11ClN4/c1-8-4-3-5-10(9(8)2)13-17-16-12-6-11(14)15-7-18(12)13/h3-7H,1-2H3. The SMILES string of the molecule is Cc1cccc(-c2nnc3cc(Cl)ncn23)c1C. The first-order chi connectivity index (χ1) is 8.66. The van der Waals surface area contributed by atoms with Crippen LogP contribution in [0.25, 0.3) is 17.0 Å². The number of rotatable bonds is 1. The molecule has 0 atom stereocenters. The van der Waals surface area contributed by atoms with Gasteiger partial charge in [0.1, 0.15) is 11.5 Å². The third-order valence-electron chi connectivity index (χ3n) is 3.11. The molecule has 0 saturated carbocycles. The number of fused-ring (bicyclic) bond motifs is 1. The van der Waals surface area contributed by atoms with E-state index in [-0.39, 0.29) is 0 Å². The highest BCUT2D eigenvalue weighted by Crippen LogP contribution is 2.24. The lowest BCUT2D eigenvalue weighted by atomic mass is 10.0. The molecule has 4 nitrogen and oxygen atoms in total. The summed E-state index contributed by atoms with van der Waals surface area (Å²) in [6.07, 6.45) is 1.65. The van der Waals surface area contributed by atoms with Gasteiger partial charge < -0.3 is 0 Å². The normalized spacial score (nSPS) is 11.1. The van der Waals surface area contributed by atoms with Crippen LogP contribution in [0, 0.1) is 13.8 Å². The average molecular weight is 259 g/mol. The monoisotopic (exact) mass is 258 g/mol. The topological polar surface area (TPSA) is 43.1 Å². The van der Waals surface area contributed by atoms with E-state index >= 15 is 0 Å². The minimum atomic E-state index is 0.419. The van der Waals surface area contributed by atoms with Crippen molar-refractivity contribution >= 4 is 17.2 Å². The van der Waals surface area contributed by atoms with Gasteiger partial charge in [0.2, 0.25) is 0 Å². The highest BCUT2D eigenvalue weighted by Gasteiger charge is 2.11. The number of halogens is 1. The van der Waals surface area contributed by atoms with Crippen LogP contribution in [0.1, 0.15) is 11.1 Å². The third kappa shape index (κ3) is 1.66. The Bertz CT molecular complexity index is 733. The smallest absolute Gasteiger partial charge is 0.169 e. The minimum Gasteiger partial charge on any atom is -0.265 e. The summed E-state index contributed by atoms with van der Waals surface area (Å²) in [5.74, 6) is 0.787. The van der Waals surface area contributed by atoms with E-state index in [1.54, 1.807) is 12.4 Å². The maximum absolute atomic E-state index is 5.84. The van der Waals surface area contributed by atoms with E-state index < -0.39 is 0 Å². The molecule has 0 spiro atoms. The van der Waals surface area contributed by atoms with Gasteiger partial charge in [-0.1, -0.05) is 29.8 Å². The van der Waals surface area contributed by atoms with Crippen LogP contribution in [0.2, 0.25) is 5.15 Å². The quantitative estimate of drug-likeness (QED) is 0.630. The maximum atomic E-state index is 5.84. The lowest BCUT2D eigenvalue weighted by Gasteiger charge is -2.06. The molecule has 90 valence electrons. The van der Waals surface area contributed by atoms with E-state index in [0.29, 0.717) is 10.8 Å². The van der Waals surface area contributed by atoms with Crippen LogP contribution < -0.4 is 0 Å². The van der Waals surface area contributed by atoms with Gasteiger partial charge in [0.15, 0.2) is 11.5 Å². The van der Waals surface area contributed by atoms with Crippen LogP contribution in [0.3, 0.4) is 0 Å². The van der Waals surface area contributed by atoms with E-state index in [1.165, 1.54) is 11.1 Å². The second kappa shape index (κ2) is 4.07. The highest BCUT2D eigenvalue weighted by molar-refractivity contribution is 6.29. The first-order valence-corrected chi connectivity index (χ1v) is 5.97. The molecule has 3 aromatic rings. The molecule has 5 heteroatoms. The van der Waals surface area contributed by atoms with Gasteiger partial charge in [0.25, 0.3) is 0 Å². The molecule has 2 heterocycles. The summed E-state index contributed by atoms with van der Waals surface area (Å²) < 4.78 is 1.84. The predicted molar refractivity (Wildman–Crippen MR) is 70.7 cm³/mol. The minimum absolute atomic E-state index is 0.419. The van der Waals surface area contributed by atoms with Crippen molar-refractivity contribution in [3.63, 3.8) is 0 Å². The van der Waals surface area contributed by atoms with Gasteiger partial charge in [-0.25, -0.2) is 4.98 Å². The number of nitrogens with zero attached hydrogens (tertiary/aromatic N) is 4. The van der Waals surface area contributed by atoms with Gasteiger partial charge >= 0.3 is 0 Å². The molecule has 0 aliphatic rings. The maximum Gasteiger partial charge on any atom is 0.169 e. The lowest BCUT2D eigenvalue weighted by molar-refractivity contribution is 1.07. The van der Waals surface area contributed by atoms with Gasteiger partial charge in [0.05, 0.1) is 0 Å². The molecule has 0 radical (unpaired) electrons. The molecule has 2 aromatic heterocycles. The summed E-state index contributed by atoms with van der Waals surface area (Å²) >= 11 is 5.84. The van der Waals surface area contributed by atoms with Crippen LogP contribution >= 0.6 is 11.6 Å². The number of hydrogen-bond donors (Lipinski definition) is 0. The summed E-state index contributed by atoms with van der Waals surface area (Å²) in [5, 5.41) is 8.76. The largest absolute Gasteiger partial charge is 0.265 e. The van der Waals surface area contributed by atoms with Crippen molar-refractivity contribution < 1.29 is 0 Å². The van der Waals surface area contributed by atoms with Gasteiger partial charge in [-0.2, -0.15) is 0 Å². The molecule has 1 aromatic carbocycles. The molecule has 0 unspecified atom stereocenters. The molecule has 0 saturated heterocycles. The fraction of sp³-hybridized carbons (Fsp3) is 0.154. The third-order valence-corrected chi connectivity index (χ3v) is 3.32. The van der Waals surface area contributed by atoms with Crippen molar-refractivity contribution in [2.75, 3.05) is 0 Å². The van der Waals surface area contributed by atoms with Crippen LogP contribution in [0.4, 0.5) is 0 Å². The molecule has 0 N–H and O–H groups in total. The van der Waals surface area contributed by atoms with Gasteiger partial charge in [-0.05, 0) is 25.0 Å². The van der Waals surface area contributed by atoms with Crippen LogP contribution in [-0.2, 0) is 0 Å². The summed E-state index contributed by atoms with van der Waals surface area (Å²) in [5.41, 5.74) is 4.19. The molecule has 3 rings (SSSR count). The molecule has 0 bridgehead atoms. The number of aryl methyl sites for hydroxylation is 1. The molecule has 0 aliphatic heterocycles. The van der Waals surface area contributed by atoms with Crippen molar-refractivity contribution in [2.24, 2.45) is 0 Å². The Morgan fingerprint density at radius 1 is 1.17 bits per heavy atom. The predicted octanol–water partition coefficient (Wildman–Crippen LogP) is 3.06. The highest BCUT2D eigenvalue weighted by atomic mass is 35.5. The molecular formula is C13H11ClN4. The second-order valence-corrected chi connectivity index (χ2v) is 4.60. The zero-order valence-corrected chi connectivity index (χ0v) is 10.8. The van der Waals surface area contributed by atoms with E-state index in [4.69, 9.17) is 11.6 Å². The van der Waals surface area contributed by atoms with Crippen LogP contribution in [-0.4, -0.2) is 19.6 Å². The van der Waals surface area contributed by atoms with Crippen molar-refractivity contribution in [2.45, 2.75) is 13.8 Å². The molecular weight excluding hydrogens is 248 g/mol. The van der Waals surface area contributed by atoms with Crippen molar-refractivity contribution in [1.82, 2.24) is 19.6 Å². The fourth-order valence-corrected chi connectivity index (χ4v) is 2.09. The van der Waals surface area contributed by atoms with Crippen molar-refractivity contribution in [1.29, 1.82) is 0 Å². The lowest BCUT2D eigenvalue weighted by Crippen LogP contribution is -1.94. The van der Waals surface area contributed by atoms with Crippen molar-refractivity contribution in [3.05, 3.63) is 46.9 Å². The Morgan fingerprint density at radius 2 is 2.00 bits per heavy atom. The van der Waals surface area contributed by atoms with Gasteiger partial charge in [0, 0.05) is 11.6 Å². The first kappa shape index (κ1) is 11.2. The van der Waals surface area contributed by atoms with Crippen molar-refractivity contribution in [3.8, 4) is 11.4 Å². The summed E-state index contributed by atoms with van der Waals surface area (Å²) in [7, 11) is 0. The molecule has 18 heavy (non-hydrogen) atoms. The molecule has 0 amide bonds. The molecule has 0 aliphatic carbocycles. The Labute approximate surface area is 109 Å². The second-order valence-electron chi connectivity index (χ2n) is 4.21. The Hall–Kier alpha value is -1.94. The number of benzene rings is 1. The summed E-state index contributed by atoms with van der Waals surface area (Å²) in [6.45, 7) is 4.16. The van der Waals surface area contributed by atoms with Crippen LogP contribution in [0.5, 0.6) is 0 Å². The Kier molecular flexibility index (Phi) is 2.52. The van der Waals surface area contributed by atoms with Gasteiger partial charge in [-0.3, -0.25) is 4.40 Å². The number of hydrogen-bond acceptors (Lipinski definition) is 3. The number of aromatic nitrogens is 4. The zero-order valence-electron chi connectivity index (χ0n) is 10.1. The summed E-state index contributed by atoms with van der Waals surface area (Å²) in [4.78, 5) is 4.07.